The van der Waals surface area contributed by atoms with Gasteiger partial charge in [0, 0.05) is 31.2 Å². The van der Waals surface area contributed by atoms with Crippen LogP contribution in [0.2, 0.25) is 0 Å². The summed E-state index contributed by atoms with van der Waals surface area (Å²) >= 11 is 0. The molecule has 0 aromatic heterocycles. The normalized spacial score (nSPS) is 14.3. The van der Waals surface area contributed by atoms with Gasteiger partial charge in [0.05, 0.1) is 0 Å². The number of hydrogen-bond donors (Lipinski definition) is 1. The number of rotatable bonds is 7. The summed E-state index contributed by atoms with van der Waals surface area (Å²) in [6.45, 7) is 18.1. The lowest BCUT2D eigenvalue weighted by Gasteiger charge is -2.35. The molecule has 0 radical (unpaired) electrons. The van der Waals surface area contributed by atoms with Crippen molar-refractivity contribution in [1.82, 2.24) is 10.2 Å². The Kier molecular flexibility index (Phi) is 6.86. The lowest BCUT2D eigenvalue weighted by molar-refractivity contribution is 0.153. The molecule has 2 heteroatoms. The zero-order valence-electron chi connectivity index (χ0n) is 11.1. The maximum absolute atomic E-state index is 3.81. The lowest BCUT2D eigenvalue weighted by Crippen LogP contribution is -2.45. The van der Waals surface area contributed by atoms with Gasteiger partial charge >= 0.3 is 0 Å². The van der Waals surface area contributed by atoms with Crippen LogP contribution in [-0.4, -0.2) is 36.1 Å². The summed E-state index contributed by atoms with van der Waals surface area (Å²) in [7, 11) is 0. The van der Waals surface area contributed by atoms with Crippen molar-refractivity contribution in [3.63, 3.8) is 0 Å². The molecule has 0 aliphatic heterocycles. The highest BCUT2D eigenvalue weighted by Gasteiger charge is 2.19. The molecule has 1 unspecified atom stereocenters. The molecule has 0 heterocycles. The number of nitrogens with zero attached hydrogens (tertiary/aromatic N) is 1. The summed E-state index contributed by atoms with van der Waals surface area (Å²) in [5.74, 6) is 0. The average Bonchev–Trinajstić information content (AvgIpc) is 2.14. The quantitative estimate of drug-likeness (QED) is 0.653. The first kappa shape index (κ1) is 14.7. The van der Waals surface area contributed by atoms with E-state index in [9.17, 15) is 0 Å². The summed E-state index contributed by atoms with van der Waals surface area (Å²) < 4.78 is 0. The second-order valence-corrected chi connectivity index (χ2v) is 5.17. The highest BCUT2D eigenvalue weighted by atomic mass is 15.2. The van der Waals surface area contributed by atoms with Crippen LogP contribution in [0.5, 0.6) is 0 Å². The van der Waals surface area contributed by atoms with Crippen molar-refractivity contribution in [2.24, 2.45) is 0 Å². The zero-order chi connectivity index (χ0) is 11.9. The Morgan fingerprint density at radius 2 is 2.00 bits per heavy atom. The largest absolute Gasteiger partial charge is 0.313 e. The van der Waals surface area contributed by atoms with Crippen molar-refractivity contribution in [1.29, 1.82) is 0 Å². The summed E-state index contributed by atoms with van der Waals surface area (Å²) in [5.41, 5.74) is 0.228. The van der Waals surface area contributed by atoms with Gasteiger partial charge in [0.1, 0.15) is 0 Å². The van der Waals surface area contributed by atoms with Crippen LogP contribution in [-0.2, 0) is 0 Å². The van der Waals surface area contributed by atoms with Crippen molar-refractivity contribution < 1.29 is 0 Å². The minimum absolute atomic E-state index is 0.228. The van der Waals surface area contributed by atoms with Crippen molar-refractivity contribution in [2.75, 3.05) is 19.6 Å². The van der Waals surface area contributed by atoms with Crippen LogP contribution in [0.25, 0.3) is 0 Å². The van der Waals surface area contributed by atoms with Crippen molar-refractivity contribution in [2.45, 2.75) is 52.6 Å². The highest BCUT2D eigenvalue weighted by Crippen LogP contribution is 2.11. The maximum atomic E-state index is 3.81. The second kappa shape index (κ2) is 7.02. The molecule has 1 N–H and O–H groups in total. The van der Waals surface area contributed by atoms with Crippen molar-refractivity contribution >= 4 is 0 Å². The molecule has 0 amide bonds. The first-order valence-electron chi connectivity index (χ1n) is 6.01. The molecule has 0 aliphatic rings. The van der Waals surface area contributed by atoms with Crippen LogP contribution in [0, 0.1) is 0 Å². The van der Waals surface area contributed by atoms with Gasteiger partial charge in [-0.25, -0.2) is 0 Å². The Morgan fingerprint density at radius 3 is 2.40 bits per heavy atom. The molecule has 0 rings (SSSR count). The Hall–Kier alpha value is -0.340. The SMILES string of the molecule is C=CCN(CCNC(C)CC)C(C)(C)C. The molecule has 15 heavy (non-hydrogen) atoms. The van der Waals surface area contributed by atoms with Crippen LogP contribution >= 0.6 is 0 Å². The molecular weight excluding hydrogens is 184 g/mol. The Bertz CT molecular complexity index is 170. The lowest BCUT2D eigenvalue weighted by atomic mass is 10.1. The van der Waals surface area contributed by atoms with E-state index in [4.69, 9.17) is 0 Å². The topological polar surface area (TPSA) is 15.3 Å². The molecule has 0 saturated carbocycles. The van der Waals surface area contributed by atoms with Gasteiger partial charge in [0.2, 0.25) is 0 Å². The van der Waals surface area contributed by atoms with Crippen LogP contribution in [0.3, 0.4) is 0 Å². The smallest absolute Gasteiger partial charge is 0.0166 e. The molecule has 0 spiro atoms. The third kappa shape index (κ3) is 6.69. The predicted octanol–water partition coefficient (Wildman–Crippen LogP) is 2.66. The van der Waals surface area contributed by atoms with E-state index in [0.717, 1.165) is 19.6 Å². The average molecular weight is 212 g/mol. The van der Waals surface area contributed by atoms with Crippen LogP contribution in [0.15, 0.2) is 12.7 Å². The molecule has 0 fully saturated rings. The molecule has 0 aromatic carbocycles. The second-order valence-electron chi connectivity index (χ2n) is 5.17. The molecule has 0 aliphatic carbocycles. The summed E-state index contributed by atoms with van der Waals surface area (Å²) in [6.07, 6.45) is 3.17. The fourth-order valence-corrected chi connectivity index (χ4v) is 1.45. The van der Waals surface area contributed by atoms with E-state index in [0.29, 0.717) is 6.04 Å². The fourth-order valence-electron chi connectivity index (χ4n) is 1.45. The third-order valence-corrected chi connectivity index (χ3v) is 2.79. The predicted molar refractivity (Wildman–Crippen MR) is 69.3 cm³/mol. The van der Waals surface area contributed by atoms with Gasteiger partial charge in [-0.15, -0.1) is 6.58 Å². The molecule has 0 saturated heterocycles. The van der Waals surface area contributed by atoms with Crippen LogP contribution in [0.1, 0.15) is 41.0 Å². The first-order valence-corrected chi connectivity index (χ1v) is 6.01. The van der Waals surface area contributed by atoms with Crippen molar-refractivity contribution in [3.8, 4) is 0 Å². The minimum Gasteiger partial charge on any atom is -0.313 e. The first-order chi connectivity index (χ1) is 6.91. The summed E-state index contributed by atoms with van der Waals surface area (Å²) in [4.78, 5) is 2.44. The van der Waals surface area contributed by atoms with Gasteiger partial charge in [0.15, 0.2) is 0 Å². The molecule has 0 bridgehead atoms. The van der Waals surface area contributed by atoms with Crippen LogP contribution in [0.4, 0.5) is 0 Å². The van der Waals surface area contributed by atoms with E-state index in [1.807, 2.05) is 6.08 Å². The van der Waals surface area contributed by atoms with E-state index < -0.39 is 0 Å². The summed E-state index contributed by atoms with van der Waals surface area (Å²) in [5, 5.41) is 3.52. The molecule has 1 atom stereocenters. The standard InChI is InChI=1S/C13H28N2/c1-7-10-15(13(4,5)6)11-9-14-12(3)8-2/h7,12,14H,1,8-11H2,2-6H3. The van der Waals surface area contributed by atoms with E-state index in [1.54, 1.807) is 0 Å². The number of hydrogen-bond acceptors (Lipinski definition) is 2. The van der Waals surface area contributed by atoms with Gasteiger partial charge < -0.3 is 5.32 Å². The molecule has 2 nitrogen and oxygen atoms in total. The monoisotopic (exact) mass is 212 g/mol. The van der Waals surface area contributed by atoms with E-state index in [1.165, 1.54) is 6.42 Å². The maximum Gasteiger partial charge on any atom is 0.0166 e. The minimum atomic E-state index is 0.228. The van der Waals surface area contributed by atoms with Gasteiger partial charge in [0.25, 0.3) is 0 Å². The van der Waals surface area contributed by atoms with Crippen LogP contribution < -0.4 is 5.32 Å². The van der Waals surface area contributed by atoms with E-state index >= 15 is 0 Å². The number of nitrogens with one attached hydrogen (secondary N) is 1. The van der Waals surface area contributed by atoms with E-state index in [-0.39, 0.29) is 5.54 Å². The summed E-state index contributed by atoms with van der Waals surface area (Å²) in [6, 6.07) is 0.621. The van der Waals surface area contributed by atoms with Gasteiger partial charge in [-0.2, -0.15) is 0 Å². The molecule has 0 aromatic rings. The molecule has 90 valence electrons. The van der Waals surface area contributed by atoms with E-state index in [2.05, 4.69) is 51.4 Å². The molecular formula is C13H28N2. The fraction of sp³-hybridized carbons (Fsp3) is 0.846. The Balaban J connectivity index is 3.92. The highest BCUT2D eigenvalue weighted by molar-refractivity contribution is 4.83. The third-order valence-electron chi connectivity index (χ3n) is 2.79. The van der Waals surface area contributed by atoms with Gasteiger partial charge in [-0.05, 0) is 34.1 Å². The zero-order valence-corrected chi connectivity index (χ0v) is 11.1. The van der Waals surface area contributed by atoms with Gasteiger partial charge in [-0.3, -0.25) is 4.90 Å². The Labute approximate surface area is 95.7 Å². The van der Waals surface area contributed by atoms with Crippen molar-refractivity contribution in [3.05, 3.63) is 12.7 Å². The van der Waals surface area contributed by atoms with Gasteiger partial charge in [-0.1, -0.05) is 13.0 Å². The Morgan fingerprint density at radius 1 is 1.40 bits per heavy atom.